The zero-order chi connectivity index (χ0) is 22.7. The Labute approximate surface area is 187 Å². The van der Waals surface area contributed by atoms with Crippen LogP contribution < -0.4 is 10.1 Å². The van der Waals surface area contributed by atoms with Gasteiger partial charge in [-0.15, -0.1) is 11.8 Å². The maximum atomic E-state index is 12.7. The average Bonchev–Trinajstić information content (AvgIpc) is 3.44. The third-order valence-corrected chi connectivity index (χ3v) is 6.23. The van der Waals surface area contributed by atoms with E-state index in [1.165, 1.54) is 37.1 Å². The molecule has 2 amide bonds. The van der Waals surface area contributed by atoms with Crippen LogP contribution >= 0.6 is 11.8 Å². The molecule has 10 heteroatoms. The normalized spacial score (nSPS) is 15.6. The van der Waals surface area contributed by atoms with Crippen LogP contribution in [0.25, 0.3) is 0 Å². The van der Waals surface area contributed by atoms with E-state index in [1.54, 1.807) is 41.5 Å². The molecule has 32 heavy (non-hydrogen) atoms. The van der Waals surface area contributed by atoms with Crippen molar-refractivity contribution in [3.05, 3.63) is 87.9 Å². The molecule has 2 heterocycles. The van der Waals surface area contributed by atoms with E-state index in [0.717, 1.165) is 5.56 Å². The van der Waals surface area contributed by atoms with Crippen molar-refractivity contribution >= 4 is 35.0 Å². The molecule has 1 aliphatic heterocycles. The Kier molecular flexibility index (Phi) is 6.13. The van der Waals surface area contributed by atoms with Crippen LogP contribution in [0.5, 0.6) is 5.75 Å². The number of methoxy groups -OCH3 is 1. The number of non-ortho nitro benzene ring substituents is 1. The SMILES string of the molecule is COc1ccc([N+](=O)[O-])cc1NC(=O)c1ccc([C@H]2SCC(=O)N2Cc2ccco2)cc1. The monoisotopic (exact) mass is 453 g/mol. The number of nitro groups is 1. The molecule has 1 atom stereocenters. The van der Waals surface area contributed by atoms with Crippen molar-refractivity contribution in [2.45, 2.75) is 11.9 Å². The lowest BCUT2D eigenvalue weighted by Crippen LogP contribution is -2.27. The lowest BCUT2D eigenvalue weighted by molar-refractivity contribution is -0.384. The summed E-state index contributed by atoms with van der Waals surface area (Å²) >= 11 is 1.51. The number of carbonyl (C=O) groups excluding carboxylic acids is 2. The minimum atomic E-state index is -0.543. The van der Waals surface area contributed by atoms with Crippen molar-refractivity contribution in [2.24, 2.45) is 0 Å². The number of rotatable bonds is 7. The van der Waals surface area contributed by atoms with E-state index in [2.05, 4.69) is 5.32 Å². The minimum absolute atomic E-state index is 0.0241. The van der Waals surface area contributed by atoms with Gasteiger partial charge in [0.25, 0.3) is 11.6 Å². The molecule has 4 rings (SSSR count). The molecule has 0 radical (unpaired) electrons. The van der Waals surface area contributed by atoms with Crippen molar-refractivity contribution in [1.29, 1.82) is 0 Å². The van der Waals surface area contributed by atoms with E-state index >= 15 is 0 Å². The Morgan fingerprint density at radius 2 is 2.06 bits per heavy atom. The largest absolute Gasteiger partial charge is 0.495 e. The molecule has 1 fully saturated rings. The highest BCUT2D eigenvalue weighted by Gasteiger charge is 2.33. The molecule has 164 valence electrons. The van der Waals surface area contributed by atoms with Gasteiger partial charge in [-0.3, -0.25) is 19.7 Å². The topological polar surface area (TPSA) is 115 Å². The summed E-state index contributed by atoms with van der Waals surface area (Å²) in [6.45, 7) is 0.373. The van der Waals surface area contributed by atoms with Gasteiger partial charge < -0.3 is 19.4 Å². The predicted octanol–water partition coefficient (Wildman–Crippen LogP) is 4.22. The molecule has 0 spiro atoms. The Bertz CT molecular complexity index is 1150. The van der Waals surface area contributed by atoms with E-state index in [0.29, 0.717) is 29.4 Å². The number of furan rings is 1. The van der Waals surface area contributed by atoms with Gasteiger partial charge in [0.15, 0.2) is 0 Å². The van der Waals surface area contributed by atoms with Crippen LogP contribution in [0.3, 0.4) is 0 Å². The second-order valence-corrected chi connectivity index (χ2v) is 8.05. The lowest BCUT2D eigenvalue weighted by Gasteiger charge is -2.23. The molecule has 0 saturated carbocycles. The fourth-order valence-corrected chi connectivity index (χ4v) is 4.56. The number of hydrogen-bond acceptors (Lipinski definition) is 7. The molecule has 1 N–H and O–H groups in total. The average molecular weight is 453 g/mol. The Morgan fingerprint density at radius 3 is 2.72 bits per heavy atom. The number of amides is 2. The van der Waals surface area contributed by atoms with Crippen molar-refractivity contribution in [2.75, 3.05) is 18.2 Å². The summed E-state index contributed by atoms with van der Waals surface area (Å²) in [5.74, 6) is 0.983. The van der Waals surface area contributed by atoms with Gasteiger partial charge >= 0.3 is 0 Å². The molecule has 0 bridgehead atoms. The van der Waals surface area contributed by atoms with Gasteiger partial charge in [-0.1, -0.05) is 12.1 Å². The Balaban J connectivity index is 1.50. The van der Waals surface area contributed by atoms with E-state index in [1.807, 2.05) is 6.07 Å². The number of ether oxygens (including phenoxy) is 1. The van der Waals surface area contributed by atoms with Gasteiger partial charge in [0.1, 0.15) is 16.9 Å². The Morgan fingerprint density at radius 1 is 1.28 bits per heavy atom. The summed E-state index contributed by atoms with van der Waals surface area (Å²) in [5, 5.41) is 13.5. The van der Waals surface area contributed by atoms with Crippen LogP contribution in [0.15, 0.2) is 65.3 Å². The third-order valence-electron chi connectivity index (χ3n) is 4.97. The first-order valence-corrected chi connectivity index (χ1v) is 10.7. The van der Waals surface area contributed by atoms with Crippen LogP contribution in [0.2, 0.25) is 0 Å². The molecule has 2 aromatic carbocycles. The van der Waals surface area contributed by atoms with Gasteiger partial charge in [-0.2, -0.15) is 0 Å². The second kappa shape index (κ2) is 9.15. The van der Waals surface area contributed by atoms with E-state index in [9.17, 15) is 19.7 Å². The maximum absolute atomic E-state index is 12.7. The number of thioether (sulfide) groups is 1. The number of anilines is 1. The zero-order valence-corrected chi connectivity index (χ0v) is 17.8. The standard InChI is InChI=1S/C22H19N3O6S/c1-30-19-9-8-16(25(28)29)11-18(19)23-21(27)14-4-6-15(7-5-14)22-24(20(26)13-32-22)12-17-3-2-10-31-17/h2-11,22H,12-13H2,1H3,(H,23,27)/t22-/m1/s1. The first-order chi connectivity index (χ1) is 15.5. The smallest absolute Gasteiger partial charge is 0.271 e. The number of nitrogens with zero attached hydrogens (tertiary/aromatic N) is 2. The second-order valence-electron chi connectivity index (χ2n) is 6.98. The number of carbonyl (C=O) groups is 2. The first-order valence-electron chi connectivity index (χ1n) is 9.63. The van der Waals surface area contributed by atoms with Crippen LogP contribution in [-0.2, 0) is 11.3 Å². The van der Waals surface area contributed by atoms with Crippen LogP contribution in [0.1, 0.15) is 27.1 Å². The van der Waals surface area contributed by atoms with Crippen molar-refractivity contribution in [1.82, 2.24) is 4.90 Å². The van der Waals surface area contributed by atoms with Crippen LogP contribution in [0, 0.1) is 10.1 Å². The van der Waals surface area contributed by atoms with Gasteiger partial charge in [0.05, 0.1) is 36.3 Å². The summed E-state index contributed by atoms with van der Waals surface area (Å²) in [7, 11) is 1.42. The number of nitrogens with one attached hydrogen (secondary N) is 1. The highest BCUT2D eigenvalue weighted by Crippen LogP contribution is 2.39. The van der Waals surface area contributed by atoms with Crippen molar-refractivity contribution in [3.63, 3.8) is 0 Å². The predicted molar refractivity (Wildman–Crippen MR) is 119 cm³/mol. The Hall–Kier alpha value is -3.79. The quantitative estimate of drug-likeness (QED) is 0.421. The maximum Gasteiger partial charge on any atom is 0.271 e. The molecule has 3 aromatic rings. The molecular formula is C22H19N3O6S. The molecule has 0 aliphatic carbocycles. The van der Waals surface area contributed by atoms with Gasteiger partial charge in [-0.05, 0) is 35.9 Å². The zero-order valence-electron chi connectivity index (χ0n) is 17.0. The van der Waals surface area contributed by atoms with Crippen molar-refractivity contribution in [3.8, 4) is 5.75 Å². The molecule has 1 aliphatic rings. The molecule has 9 nitrogen and oxygen atoms in total. The van der Waals surface area contributed by atoms with Crippen molar-refractivity contribution < 1.29 is 23.7 Å². The summed E-state index contributed by atoms with van der Waals surface area (Å²) in [6.07, 6.45) is 1.57. The van der Waals surface area contributed by atoms with Crippen LogP contribution in [-0.4, -0.2) is 34.5 Å². The van der Waals surface area contributed by atoms with Gasteiger partial charge in [0, 0.05) is 17.7 Å². The number of nitro benzene ring substituents is 1. The number of benzene rings is 2. The van der Waals surface area contributed by atoms with Crippen LogP contribution in [0.4, 0.5) is 11.4 Å². The lowest BCUT2D eigenvalue weighted by atomic mass is 10.1. The van der Waals surface area contributed by atoms with E-state index in [4.69, 9.17) is 9.15 Å². The van der Waals surface area contributed by atoms with Gasteiger partial charge in [0.2, 0.25) is 5.91 Å². The molecular weight excluding hydrogens is 434 g/mol. The third kappa shape index (κ3) is 4.45. The molecule has 1 saturated heterocycles. The fraction of sp³-hybridized carbons (Fsp3) is 0.182. The molecule has 0 unspecified atom stereocenters. The van der Waals surface area contributed by atoms with Gasteiger partial charge in [-0.25, -0.2) is 0 Å². The summed E-state index contributed by atoms with van der Waals surface area (Å²) in [4.78, 5) is 37.3. The van der Waals surface area contributed by atoms with E-state index in [-0.39, 0.29) is 22.7 Å². The van der Waals surface area contributed by atoms with E-state index < -0.39 is 10.8 Å². The fourth-order valence-electron chi connectivity index (χ4n) is 3.37. The minimum Gasteiger partial charge on any atom is -0.495 e. The number of hydrogen-bond donors (Lipinski definition) is 1. The summed E-state index contributed by atoms with van der Waals surface area (Å²) < 4.78 is 10.6. The summed E-state index contributed by atoms with van der Waals surface area (Å²) in [5.41, 5.74) is 1.31. The summed E-state index contributed by atoms with van der Waals surface area (Å²) in [6, 6.07) is 14.5. The highest BCUT2D eigenvalue weighted by molar-refractivity contribution is 8.00. The molecule has 1 aromatic heterocycles. The highest BCUT2D eigenvalue weighted by atomic mass is 32.2. The first kappa shape index (κ1) is 21.4.